The van der Waals surface area contributed by atoms with E-state index < -0.39 is 0 Å². The Balaban J connectivity index is 1.78. The molecule has 1 fully saturated rings. The predicted molar refractivity (Wildman–Crippen MR) is 65.6 cm³/mol. The van der Waals surface area contributed by atoms with E-state index in [1.807, 2.05) is 18.2 Å². The highest BCUT2D eigenvalue weighted by atomic mass is 16.5. The Bertz CT molecular complexity index is 430. The van der Waals surface area contributed by atoms with Crippen LogP contribution in [0.3, 0.4) is 0 Å². The quantitative estimate of drug-likeness (QED) is 0.729. The Morgan fingerprint density at radius 1 is 1.18 bits per heavy atom. The highest BCUT2D eigenvalue weighted by molar-refractivity contribution is 5.33. The molecule has 1 aromatic rings. The van der Waals surface area contributed by atoms with Crippen molar-refractivity contribution in [2.45, 2.75) is 25.1 Å². The van der Waals surface area contributed by atoms with E-state index in [2.05, 4.69) is 17.5 Å². The van der Waals surface area contributed by atoms with Crippen LogP contribution in [-0.2, 0) is 4.74 Å². The van der Waals surface area contributed by atoms with Crippen molar-refractivity contribution in [2.24, 2.45) is 5.92 Å². The first kappa shape index (κ1) is 10.8. The van der Waals surface area contributed by atoms with Crippen molar-refractivity contribution in [1.29, 1.82) is 0 Å². The van der Waals surface area contributed by atoms with E-state index in [1.54, 1.807) is 6.07 Å². The second-order valence-electron chi connectivity index (χ2n) is 4.75. The molecule has 3 rings (SSSR count). The zero-order valence-electron chi connectivity index (χ0n) is 9.67. The summed E-state index contributed by atoms with van der Waals surface area (Å²) in [4.78, 5) is 0. The standard InChI is InChI=1S/C14H17NO2/c16-13-8-4-2-6-11(13)14-15-12-7-3-1-5-10(12)9-17-14/h1-4,6,8,10,12,14-16H,5,7,9H2. The van der Waals surface area contributed by atoms with Gasteiger partial charge < -0.3 is 9.84 Å². The SMILES string of the molecule is Oc1ccccc1C1NC2CC=CCC2CO1. The summed E-state index contributed by atoms with van der Waals surface area (Å²) in [6.07, 6.45) is 6.42. The van der Waals surface area contributed by atoms with E-state index in [0.29, 0.717) is 17.7 Å². The van der Waals surface area contributed by atoms with Crippen LogP contribution in [-0.4, -0.2) is 17.8 Å². The van der Waals surface area contributed by atoms with Gasteiger partial charge in [0.15, 0.2) is 0 Å². The highest BCUT2D eigenvalue weighted by Crippen LogP contribution is 2.32. The van der Waals surface area contributed by atoms with E-state index in [4.69, 9.17) is 4.74 Å². The third-order valence-corrected chi connectivity index (χ3v) is 3.63. The molecule has 3 nitrogen and oxygen atoms in total. The summed E-state index contributed by atoms with van der Waals surface area (Å²) in [5.74, 6) is 0.872. The van der Waals surface area contributed by atoms with Gasteiger partial charge in [0.2, 0.25) is 0 Å². The fourth-order valence-corrected chi connectivity index (χ4v) is 2.61. The summed E-state index contributed by atoms with van der Waals surface area (Å²) < 4.78 is 5.81. The molecule has 2 aliphatic rings. The van der Waals surface area contributed by atoms with Gasteiger partial charge in [-0.05, 0) is 18.9 Å². The van der Waals surface area contributed by atoms with Gasteiger partial charge >= 0.3 is 0 Å². The molecule has 0 amide bonds. The fourth-order valence-electron chi connectivity index (χ4n) is 2.61. The van der Waals surface area contributed by atoms with Crippen LogP contribution < -0.4 is 5.32 Å². The molecule has 0 bridgehead atoms. The van der Waals surface area contributed by atoms with Gasteiger partial charge in [-0.2, -0.15) is 0 Å². The van der Waals surface area contributed by atoms with Crippen molar-refractivity contribution < 1.29 is 9.84 Å². The minimum absolute atomic E-state index is 0.177. The van der Waals surface area contributed by atoms with Crippen LogP contribution in [0.4, 0.5) is 0 Å². The molecule has 90 valence electrons. The molecule has 3 unspecified atom stereocenters. The summed E-state index contributed by atoms with van der Waals surface area (Å²) in [5.41, 5.74) is 0.834. The summed E-state index contributed by atoms with van der Waals surface area (Å²) in [6.45, 7) is 0.765. The molecule has 17 heavy (non-hydrogen) atoms. The van der Waals surface area contributed by atoms with Gasteiger partial charge in [0.25, 0.3) is 0 Å². The average Bonchev–Trinajstić information content (AvgIpc) is 2.39. The second kappa shape index (κ2) is 4.51. The average molecular weight is 231 g/mol. The lowest BCUT2D eigenvalue weighted by Gasteiger charge is -2.38. The van der Waals surface area contributed by atoms with Crippen molar-refractivity contribution in [1.82, 2.24) is 5.32 Å². The first-order valence-corrected chi connectivity index (χ1v) is 6.15. The molecular formula is C14H17NO2. The molecule has 1 aromatic carbocycles. The lowest BCUT2D eigenvalue weighted by Crippen LogP contribution is -2.47. The zero-order chi connectivity index (χ0) is 11.7. The van der Waals surface area contributed by atoms with Crippen molar-refractivity contribution >= 4 is 0 Å². The molecule has 0 radical (unpaired) electrons. The molecule has 1 heterocycles. The molecule has 1 saturated heterocycles. The van der Waals surface area contributed by atoms with Crippen LogP contribution in [0, 0.1) is 5.92 Å². The number of hydrogen-bond donors (Lipinski definition) is 2. The van der Waals surface area contributed by atoms with Crippen LogP contribution in [0.1, 0.15) is 24.6 Å². The Morgan fingerprint density at radius 3 is 2.88 bits per heavy atom. The van der Waals surface area contributed by atoms with Gasteiger partial charge in [-0.25, -0.2) is 0 Å². The number of fused-ring (bicyclic) bond motifs is 1. The molecule has 3 atom stereocenters. The molecule has 0 spiro atoms. The monoisotopic (exact) mass is 231 g/mol. The third kappa shape index (κ3) is 2.08. The Hall–Kier alpha value is -1.32. The number of rotatable bonds is 1. The highest BCUT2D eigenvalue weighted by Gasteiger charge is 2.32. The number of phenols is 1. The maximum absolute atomic E-state index is 9.82. The third-order valence-electron chi connectivity index (χ3n) is 3.63. The fraction of sp³-hybridized carbons (Fsp3) is 0.429. The molecule has 0 saturated carbocycles. The van der Waals surface area contributed by atoms with Crippen molar-refractivity contribution in [3.8, 4) is 5.75 Å². The van der Waals surface area contributed by atoms with Crippen LogP contribution >= 0.6 is 0 Å². The number of hydrogen-bond acceptors (Lipinski definition) is 3. The lowest BCUT2D eigenvalue weighted by molar-refractivity contribution is -0.0545. The van der Waals surface area contributed by atoms with E-state index in [1.165, 1.54) is 0 Å². The number of aromatic hydroxyl groups is 1. The van der Waals surface area contributed by atoms with Crippen LogP contribution in [0.5, 0.6) is 5.75 Å². The van der Waals surface area contributed by atoms with Gasteiger partial charge in [-0.15, -0.1) is 0 Å². The smallest absolute Gasteiger partial charge is 0.138 e. The zero-order valence-corrected chi connectivity index (χ0v) is 9.67. The summed E-state index contributed by atoms with van der Waals surface area (Å²) in [7, 11) is 0. The van der Waals surface area contributed by atoms with Gasteiger partial charge in [-0.1, -0.05) is 30.4 Å². The van der Waals surface area contributed by atoms with Gasteiger partial charge in [0.05, 0.1) is 6.61 Å². The number of phenolic OH excluding ortho intramolecular Hbond substituents is 1. The summed E-state index contributed by atoms with van der Waals surface area (Å²) in [5, 5.41) is 13.3. The second-order valence-corrected chi connectivity index (χ2v) is 4.75. The van der Waals surface area contributed by atoms with Crippen LogP contribution in [0.2, 0.25) is 0 Å². The molecule has 0 aromatic heterocycles. The first-order valence-electron chi connectivity index (χ1n) is 6.15. The molecule has 3 heteroatoms. The van der Waals surface area contributed by atoms with E-state index in [-0.39, 0.29) is 6.23 Å². The van der Waals surface area contributed by atoms with Gasteiger partial charge in [-0.3, -0.25) is 5.32 Å². The maximum Gasteiger partial charge on any atom is 0.138 e. The predicted octanol–water partition coefficient (Wildman–Crippen LogP) is 2.35. The number of allylic oxidation sites excluding steroid dienone is 1. The summed E-state index contributed by atoms with van der Waals surface area (Å²) in [6, 6.07) is 7.83. The van der Waals surface area contributed by atoms with Crippen molar-refractivity contribution in [3.05, 3.63) is 42.0 Å². The van der Waals surface area contributed by atoms with E-state index in [0.717, 1.165) is 25.0 Å². The number of ether oxygens (including phenoxy) is 1. The van der Waals surface area contributed by atoms with E-state index >= 15 is 0 Å². The van der Waals surface area contributed by atoms with E-state index in [9.17, 15) is 5.11 Å². The maximum atomic E-state index is 9.82. The molecule has 1 aliphatic carbocycles. The normalized spacial score (nSPS) is 32.1. The molecule has 1 aliphatic heterocycles. The first-order chi connectivity index (χ1) is 8.34. The Labute approximate surface area is 101 Å². The van der Waals surface area contributed by atoms with Gasteiger partial charge in [0.1, 0.15) is 12.0 Å². The molecule has 2 N–H and O–H groups in total. The summed E-state index contributed by atoms with van der Waals surface area (Å²) >= 11 is 0. The number of para-hydroxylation sites is 1. The Morgan fingerprint density at radius 2 is 2.00 bits per heavy atom. The molecular weight excluding hydrogens is 214 g/mol. The minimum atomic E-state index is -0.177. The number of benzene rings is 1. The van der Waals surface area contributed by atoms with Gasteiger partial charge in [0, 0.05) is 17.5 Å². The van der Waals surface area contributed by atoms with Crippen LogP contribution in [0.25, 0.3) is 0 Å². The van der Waals surface area contributed by atoms with Crippen molar-refractivity contribution in [2.75, 3.05) is 6.61 Å². The van der Waals surface area contributed by atoms with Crippen LogP contribution in [0.15, 0.2) is 36.4 Å². The minimum Gasteiger partial charge on any atom is -0.508 e. The lowest BCUT2D eigenvalue weighted by atomic mass is 9.88. The topological polar surface area (TPSA) is 41.5 Å². The van der Waals surface area contributed by atoms with Crippen molar-refractivity contribution in [3.63, 3.8) is 0 Å². The number of nitrogens with one attached hydrogen (secondary N) is 1. The Kier molecular flexibility index (Phi) is 2.87. The largest absolute Gasteiger partial charge is 0.508 e.